The summed E-state index contributed by atoms with van der Waals surface area (Å²) in [7, 11) is 0. The van der Waals surface area contributed by atoms with Crippen LogP contribution in [0, 0.1) is 5.41 Å². The summed E-state index contributed by atoms with van der Waals surface area (Å²) in [5.41, 5.74) is 1.36. The fraction of sp³-hybridized carbons (Fsp3) is 0.647. The van der Waals surface area contributed by atoms with Crippen LogP contribution in [0.15, 0.2) is 24.3 Å². The molecule has 1 aromatic carbocycles. The van der Waals surface area contributed by atoms with Crippen molar-refractivity contribution >= 4 is 0 Å². The zero-order valence-corrected chi connectivity index (χ0v) is 12.5. The summed E-state index contributed by atoms with van der Waals surface area (Å²) in [4.78, 5) is 0. The second kappa shape index (κ2) is 7.65. The Hall–Kier alpha value is -1.06. The van der Waals surface area contributed by atoms with Crippen molar-refractivity contribution in [2.75, 3.05) is 19.8 Å². The number of aliphatic hydroxyl groups is 1. The minimum Gasteiger partial charge on any atom is -0.494 e. The lowest BCUT2D eigenvalue weighted by Crippen LogP contribution is -2.34. The van der Waals surface area contributed by atoms with Crippen LogP contribution < -0.4 is 10.1 Å². The molecule has 0 amide bonds. The van der Waals surface area contributed by atoms with Gasteiger partial charge in [0.05, 0.1) is 6.61 Å². The van der Waals surface area contributed by atoms with Crippen LogP contribution in [-0.4, -0.2) is 24.9 Å². The smallest absolute Gasteiger partial charge is 0.119 e. The van der Waals surface area contributed by atoms with Gasteiger partial charge in [-0.05, 0) is 37.0 Å². The van der Waals surface area contributed by atoms with Crippen molar-refractivity contribution in [1.29, 1.82) is 0 Å². The Morgan fingerprint density at radius 1 is 1.30 bits per heavy atom. The monoisotopic (exact) mass is 277 g/mol. The summed E-state index contributed by atoms with van der Waals surface area (Å²) >= 11 is 0. The molecule has 3 heteroatoms. The van der Waals surface area contributed by atoms with Gasteiger partial charge in [-0.3, -0.25) is 0 Å². The summed E-state index contributed by atoms with van der Waals surface area (Å²) in [5, 5.41) is 13.1. The molecular weight excluding hydrogens is 250 g/mol. The topological polar surface area (TPSA) is 41.5 Å². The van der Waals surface area contributed by atoms with Gasteiger partial charge in [0, 0.05) is 25.1 Å². The summed E-state index contributed by atoms with van der Waals surface area (Å²) in [6.45, 7) is 4.93. The quantitative estimate of drug-likeness (QED) is 0.767. The van der Waals surface area contributed by atoms with E-state index in [1.807, 2.05) is 12.1 Å². The lowest BCUT2D eigenvalue weighted by Gasteiger charge is -2.26. The predicted octanol–water partition coefficient (Wildman–Crippen LogP) is 3.12. The van der Waals surface area contributed by atoms with Crippen molar-refractivity contribution in [3.8, 4) is 5.75 Å². The van der Waals surface area contributed by atoms with Crippen LogP contribution in [0.2, 0.25) is 0 Å². The van der Waals surface area contributed by atoms with E-state index in [9.17, 15) is 5.11 Å². The average molecular weight is 277 g/mol. The van der Waals surface area contributed by atoms with Gasteiger partial charge in [-0.1, -0.05) is 31.9 Å². The molecular formula is C17H27NO2. The van der Waals surface area contributed by atoms with Crippen LogP contribution in [0.25, 0.3) is 0 Å². The van der Waals surface area contributed by atoms with E-state index in [4.69, 9.17) is 4.74 Å². The summed E-state index contributed by atoms with van der Waals surface area (Å²) in [6.07, 6.45) is 5.83. The molecule has 0 unspecified atom stereocenters. The summed E-state index contributed by atoms with van der Waals surface area (Å²) < 4.78 is 5.65. The first-order valence-corrected chi connectivity index (χ1v) is 7.81. The van der Waals surface area contributed by atoms with E-state index in [2.05, 4.69) is 24.4 Å². The minimum atomic E-state index is 0.121. The number of ether oxygens (including phenoxy) is 1. The van der Waals surface area contributed by atoms with Crippen molar-refractivity contribution in [1.82, 2.24) is 5.32 Å². The molecule has 20 heavy (non-hydrogen) atoms. The Labute approximate surface area is 122 Å². The number of aliphatic hydroxyl groups excluding tert-OH is 1. The zero-order valence-electron chi connectivity index (χ0n) is 12.5. The van der Waals surface area contributed by atoms with Crippen LogP contribution in [-0.2, 0) is 6.54 Å². The second-order valence-corrected chi connectivity index (χ2v) is 5.96. The van der Waals surface area contributed by atoms with Crippen LogP contribution in [0.4, 0.5) is 0 Å². The Morgan fingerprint density at radius 2 is 2.10 bits per heavy atom. The van der Waals surface area contributed by atoms with Crippen molar-refractivity contribution < 1.29 is 9.84 Å². The minimum absolute atomic E-state index is 0.121. The molecule has 0 saturated heterocycles. The lowest BCUT2D eigenvalue weighted by molar-refractivity contribution is 0.128. The SMILES string of the molecule is CCCOc1cccc(CNCC2(CO)CCCC2)c1. The van der Waals surface area contributed by atoms with Crippen LogP contribution in [0.1, 0.15) is 44.6 Å². The van der Waals surface area contributed by atoms with Gasteiger partial charge >= 0.3 is 0 Å². The molecule has 1 fully saturated rings. The van der Waals surface area contributed by atoms with Gasteiger partial charge in [-0.15, -0.1) is 0 Å². The number of hydrogen-bond acceptors (Lipinski definition) is 3. The van der Waals surface area contributed by atoms with Crippen LogP contribution in [0.5, 0.6) is 5.75 Å². The van der Waals surface area contributed by atoms with Crippen LogP contribution >= 0.6 is 0 Å². The maximum atomic E-state index is 9.59. The third-order valence-electron chi connectivity index (χ3n) is 4.20. The van der Waals surface area contributed by atoms with Gasteiger partial charge < -0.3 is 15.2 Å². The molecule has 2 N–H and O–H groups in total. The standard InChI is InChI=1S/C17H27NO2/c1-2-10-20-16-7-5-6-15(11-16)12-18-13-17(14-19)8-3-4-9-17/h5-7,11,18-19H,2-4,8-10,12-14H2,1H3. The molecule has 0 aromatic heterocycles. The van der Waals surface area contributed by atoms with E-state index < -0.39 is 0 Å². The highest BCUT2D eigenvalue weighted by Crippen LogP contribution is 2.36. The Kier molecular flexibility index (Phi) is 5.86. The molecule has 112 valence electrons. The number of rotatable bonds is 8. The highest BCUT2D eigenvalue weighted by Gasteiger charge is 2.32. The molecule has 0 aliphatic heterocycles. The Balaban J connectivity index is 1.81. The normalized spacial score (nSPS) is 17.3. The van der Waals surface area contributed by atoms with E-state index in [0.717, 1.165) is 44.7 Å². The third-order valence-corrected chi connectivity index (χ3v) is 4.20. The molecule has 3 nitrogen and oxygen atoms in total. The van der Waals surface area contributed by atoms with Crippen molar-refractivity contribution in [2.45, 2.75) is 45.6 Å². The van der Waals surface area contributed by atoms with Gasteiger partial charge in [0.15, 0.2) is 0 Å². The maximum Gasteiger partial charge on any atom is 0.119 e. The van der Waals surface area contributed by atoms with Gasteiger partial charge in [0.25, 0.3) is 0 Å². The fourth-order valence-corrected chi connectivity index (χ4v) is 2.95. The molecule has 0 bridgehead atoms. The highest BCUT2D eigenvalue weighted by molar-refractivity contribution is 5.28. The first-order chi connectivity index (χ1) is 9.78. The fourth-order valence-electron chi connectivity index (χ4n) is 2.95. The molecule has 0 spiro atoms. The van der Waals surface area contributed by atoms with Gasteiger partial charge in [0.1, 0.15) is 5.75 Å². The lowest BCUT2D eigenvalue weighted by atomic mass is 9.87. The Morgan fingerprint density at radius 3 is 2.80 bits per heavy atom. The van der Waals surface area contributed by atoms with Crippen molar-refractivity contribution in [2.24, 2.45) is 5.41 Å². The molecule has 1 aromatic rings. The maximum absolute atomic E-state index is 9.59. The summed E-state index contributed by atoms with van der Waals surface area (Å²) in [5.74, 6) is 0.948. The largest absolute Gasteiger partial charge is 0.494 e. The van der Waals surface area contributed by atoms with Gasteiger partial charge in [-0.25, -0.2) is 0 Å². The van der Waals surface area contributed by atoms with Gasteiger partial charge in [-0.2, -0.15) is 0 Å². The molecule has 2 rings (SSSR count). The van der Waals surface area contributed by atoms with Crippen LogP contribution in [0.3, 0.4) is 0 Å². The molecule has 1 aliphatic rings. The van der Waals surface area contributed by atoms with Crippen molar-refractivity contribution in [3.05, 3.63) is 29.8 Å². The highest BCUT2D eigenvalue weighted by atomic mass is 16.5. The molecule has 0 heterocycles. The summed E-state index contributed by atoms with van der Waals surface area (Å²) in [6, 6.07) is 8.26. The van der Waals surface area contributed by atoms with E-state index >= 15 is 0 Å². The Bertz CT molecular complexity index is 400. The predicted molar refractivity (Wildman–Crippen MR) is 81.9 cm³/mol. The first-order valence-electron chi connectivity index (χ1n) is 7.81. The number of hydrogen-bond donors (Lipinski definition) is 2. The molecule has 1 aliphatic carbocycles. The second-order valence-electron chi connectivity index (χ2n) is 5.96. The molecule has 0 atom stereocenters. The number of nitrogens with one attached hydrogen (secondary N) is 1. The van der Waals surface area contributed by atoms with E-state index in [-0.39, 0.29) is 5.41 Å². The molecule has 0 radical (unpaired) electrons. The third kappa shape index (κ3) is 4.22. The first kappa shape index (κ1) is 15.3. The van der Waals surface area contributed by atoms with E-state index in [1.54, 1.807) is 0 Å². The molecule has 1 saturated carbocycles. The van der Waals surface area contributed by atoms with E-state index in [0.29, 0.717) is 6.61 Å². The number of benzene rings is 1. The van der Waals surface area contributed by atoms with Gasteiger partial charge in [0.2, 0.25) is 0 Å². The average Bonchev–Trinajstić information content (AvgIpc) is 2.95. The zero-order chi connectivity index (χ0) is 14.3. The van der Waals surface area contributed by atoms with Crippen molar-refractivity contribution in [3.63, 3.8) is 0 Å². The van der Waals surface area contributed by atoms with E-state index in [1.165, 1.54) is 18.4 Å².